The molecule has 0 bridgehead atoms. The number of aryl methyl sites for hydroxylation is 1. The molecule has 0 aromatic heterocycles. The number of benzene rings is 2. The molecule has 0 saturated carbocycles. The van der Waals surface area contributed by atoms with Gasteiger partial charge in [0, 0.05) is 19.2 Å². The van der Waals surface area contributed by atoms with E-state index in [0.717, 1.165) is 0 Å². The third-order valence-corrected chi connectivity index (χ3v) is 4.95. The van der Waals surface area contributed by atoms with Crippen molar-refractivity contribution < 1.29 is 28.6 Å². The van der Waals surface area contributed by atoms with Crippen LogP contribution in [0.25, 0.3) is 5.76 Å². The Morgan fingerprint density at radius 3 is 2.41 bits per heavy atom. The first-order valence-corrected chi connectivity index (χ1v) is 9.06. The zero-order valence-electron chi connectivity index (χ0n) is 16.4. The quantitative estimate of drug-likeness (QED) is 0.459. The molecule has 1 atom stereocenters. The number of amides is 1. The highest BCUT2D eigenvalue weighted by molar-refractivity contribution is 6.46. The fourth-order valence-corrected chi connectivity index (χ4v) is 3.47. The molecule has 1 N–H and O–H groups in total. The number of carbonyl (C=O) groups excluding carboxylic acids is 2. The van der Waals surface area contributed by atoms with Crippen molar-refractivity contribution >= 4 is 17.4 Å². The van der Waals surface area contributed by atoms with Gasteiger partial charge in [0.15, 0.2) is 0 Å². The average molecular weight is 399 g/mol. The largest absolute Gasteiger partial charge is 0.507 e. The number of ether oxygens (including phenoxy) is 2. The Kier molecular flexibility index (Phi) is 5.98. The molecule has 0 radical (unpaired) electrons. The fourth-order valence-electron chi connectivity index (χ4n) is 3.47. The molecule has 1 heterocycles. The van der Waals surface area contributed by atoms with Crippen LogP contribution in [0.5, 0.6) is 5.75 Å². The Labute approximate surface area is 168 Å². The highest BCUT2D eigenvalue weighted by Crippen LogP contribution is 2.40. The standard InChI is InChI=1S/C22H22FNO5/c1-13-12-16(29-3)8-9-17(13)20(25)18-19(14-4-6-15(23)7-5-14)24(10-11-28-2)22(27)21(18)26/h4-9,12,19,25H,10-11H2,1-3H3/t19-/m1/s1. The lowest BCUT2D eigenvalue weighted by Crippen LogP contribution is -2.32. The minimum atomic E-state index is -0.841. The van der Waals surface area contributed by atoms with Crippen LogP contribution in [0, 0.1) is 12.7 Å². The molecule has 1 amide bonds. The molecule has 152 valence electrons. The second-order valence-corrected chi connectivity index (χ2v) is 6.72. The predicted octanol–water partition coefficient (Wildman–Crippen LogP) is 3.21. The number of hydrogen-bond acceptors (Lipinski definition) is 5. The Morgan fingerprint density at radius 1 is 1.14 bits per heavy atom. The van der Waals surface area contributed by atoms with E-state index < -0.39 is 23.5 Å². The lowest BCUT2D eigenvalue weighted by Gasteiger charge is -2.25. The second kappa shape index (κ2) is 8.45. The van der Waals surface area contributed by atoms with E-state index in [9.17, 15) is 19.1 Å². The van der Waals surface area contributed by atoms with Crippen LogP contribution in [0.3, 0.4) is 0 Å². The van der Waals surface area contributed by atoms with Crippen molar-refractivity contribution in [2.45, 2.75) is 13.0 Å². The van der Waals surface area contributed by atoms with Gasteiger partial charge in [0.05, 0.1) is 25.3 Å². The van der Waals surface area contributed by atoms with Crippen molar-refractivity contribution in [1.29, 1.82) is 0 Å². The topological polar surface area (TPSA) is 76.1 Å². The maximum atomic E-state index is 13.4. The summed E-state index contributed by atoms with van der Waals surface area (Å²) in [5.41, 5.74) is 1.59. The van der Waals surface area contributed by atoms with E-state index in [1.54, 1.807) is 25.1 Å². The monoisotopic (exact) mass is 399 g/mol. The highest BCUT2D eigenvalue weighted by atomic mass is 19.1. The van der Waals surface area contributed by atoms with Crippen LogP contribution < -0.4 is 4.74 Å². The molecule has 1 fully saturated rings. The molecule has 3 rings (SSSR count). The number of hydrogen-bond donors (Lipinski definition) is 1. The maximum absolute atomic E-state index is 13.4. The number of halogens is 1. The number of Topliss-reactive ketones (excluding diaryl/α,β-unsaturated/α-hetero) is 1. The minimum absolute atomic E-state index is 0.0361. The van der Waals surface area contributed by atoms with Gasteiger partial charge in [-0.1, -0.05) is 12.1 Å². The molecule has 29 heavy (non-hydrogen) atoms. The van der Waals surface area contributed by atoms with Crippen LogP contribution in [0.15, 0.2) is 48.0 Å². The third kappa shape index (κ3) is 3.86. The molecule has 0 unspecified atom stereocenters. The van der Waals surface area contributed by atoms with Gasteiger partial charge in [-0.15, -0.1) is 0 Å². The van der Waals surface area contributed by atoms with Crippen LogP contribution in [0.2, 0.25) is 0 Å². The first-order valence-electron chi connectivity index (χ1n) is 9.06. The smallest absolute Gasteiger partial charge is 0.295 e. The van der Waals surface area contributed by atoms with Crippen LogP contribution in [-0.4, -0.2) is 49.1 Å². The van der Waals surface area contributed by atoms with Crippen molar-refractivity contribution in [3.8, 4) is 5.75 Å². The lowest BCUT2D eigenvalue weighted by molar-refractivity contribution is -0.140. The van der Waals surface area contributed by atoms with Crippen LogP contribution in [0.4, 0.5) is 4.39 Å². The molecule has 7 heteroatoms. The van der Waals surface area contributed by atoms with Gasteiger partial charge in [0.25, 0.3) is 11.7 Å². The van der Waals surface area contributed by atoms with E-state index >= 15 is 0 Å². The SMILES string of the molecule is COCCN1C(=O)C(=O)C(=C(O)c2ccc(OC)cc2C)[C@H]1c1ccc(F)cc1. The number of methoxy groups -OCH3 is 2. The normalized spacial score (nSPS) is 18.3. The van der Waals surface area contributed by atoms with E-state index in [1.807, 2.05) is 0 Å². The molecule has 6 nitrogen and oxygen atoms in total. The molecular formula is C22H22FNO5. The van der Waals surface area contributed by atoms with Gasteiger partial charge < -0.3 is 19.5 Å². The maximum Gasteiger partial charge on any atom is 0.295 e. The van der Waals surface area contributed by atoms with E-state index in [2.05, 4.69) is 0 Å². The summed E-state index contributed by atoms with van der Waals surface area (Å²) in [7, 11) is 3.02. The van der Waals surface area contributed by atoms with Gasteiger partial charge in [0.2, 0.25) is 0 Å². The zero-order chi connectivity index (χ0) is 21.1. The van der Waals surface area contributed by atoms with Crippen molar-refractivity contribution in [3.05, 3.63) is 70.5 Å². The molecule has 0 aliphatic carbocycles. The second-order valence-electron chi connectivity index (χ2n) is 6.72. The number of nitrogens with zero attached hydrogens (tertiary/aromatic N) is 1. The van der Waals surface area contributed by atoms with Crippen molar-refractivity contribution in [2.75, 3.05) is 27.4 Å². The average Bonchev–Trinajstić information content (AvgIpc) is 2.96. The van der Waals surface area contributed by atoms with Crippen molar-refractivity contribution in [1.82, 2.24) is 4.90 Å². The zero-order valence-corrected chi connectivity index (χ0v) is 16.4. The van der Waals surface area contributed by atoms with Crippen LogP contribution >= 0.6 is 0 Å². The third-order valence-electron chi connectivity index (χ3n) is 4.95. The summed E-state index contributed by atoms with van der Waals surface area (Å²) < 4.78 is 23.7. The summed E-state index contributed by atoms with van der Waals surface area (Å²) >= 11 is 0. The lowest BCUT2D eigenvalue weighted by atomic mass is 9.94. The summed E-state index contributed by atoms with van der Waals surface area (Å²) in [5.74, 6) is -1.63. The van der Waals surface area contributed by atoms with E-state index in [-0.39, 0.29) is 24.5 Å². The Hall–Kier alpha value is -3.19. The Morgan fingerprint density at radius 2 is 1.83 bits per heavy atom. The highest BCUT2D eigenvalue weighted by Gasteiger charge is 2.46. The number of rotatable bonds is 6. The summed E-state index contributed by atoms with van der Waals surface area (Å²) in [6.07, 6.45) is 0. The summed E-state index contributed by atoms with van der Waals surface area (Å²) in [6.45, 7) is 2.14. The number of carbonyl (C=O) groups is 2. The number of likely N-dealkylation sites (tertiary alicyclic amines) is 1. The van der Waals surface area contributed by atoms with E-state index in [4.69, 9.17) is 9.47 Å². The van der Waals surface area contributed by atoms with Crippen molar-refractivity contribution in [3.63, 3.8) is 0 Å². The molecule has 2 aromatic carbocycles. The molecule has 0 spiro atoms. The number of ketones is 1. The van der Waals surface area contributed by atoms with Crippen LogP contribution in [0.1, 0.15) is 22.7 Å². The molecule has 1 saturated heterocycles. The van der Waals surface area contributed by atoms with Gasteiger partial charge >= 0.3 is 0 Å². The first-order chi connectivity index (χ1) is 13.9. The van der Waals surface area contributed by atoms with Gasteiger partial charge in [-0.25, -0.2) is 4.39 Å². The molecule has 1 aliphatic rings. The molecular weight excluding hydrogens is 377 g/mol. The summed E-state index contributed by atoms with van der Waals surface area (Å²) in [4.78, 5) is 26.8. The summed E-state index contributed by atoms with van der Waals surface area (Å²) in [5, 5.41) is 11.0. The van der Waals surface area contributed by atoms with Gasteiger partial charge in [0.1, 0.15) is 17.3 Å². The van der Waals surface area contributed by atoms with Gasteiger partial charge in [-0.3, -0.25) is 9.59 Å². The Bertz CT molecular complexity index is 968. The predicted molar refractivity (Wildman–Crippen MR) is 105 cm³/mol. The first kappa shape index (κ1) is 20.5. The molecule has 1 aliphatic heterocycles. The van der Waals surface area contributed by atoms with Crippen LogP contribution in [-0.2, 0) is 14.3 Å². The van der Waals surface area contributed by atoms with Gasteiger partial charge in [-0.2, -0.15) is 0 Å². The number of aliphatic hydroxyl groups is 1. The van der Waals surface area contributed by atoms with E-state index in [0.29, 0.717) is 22.4 Å². The minimum Gasteiger partial charge on any atom is -0.507 e. The molecule has 2 aromatic rings. The number of aliphatic hydroxyl groups excluding tert-OH is 1. The van der Waals surface area contributed by atoms with Gasteiger partial charge in [-0.05, 0) is 48.4 Å². The fraction of sp³-hybridized carbons (Fsp3) is 0.273. The van der Waals surface area contributed by atoms with E-state index in [1.165, 1.54) is 43.4 Å². The van der Waals surface area contributed by atoms with Crippen molar-refractivity contribution in [2.24, 2.45) is 0 Å². The Balaban J connectivity index is 2.17. The summed E-state index contributed by atoms with van der Waals surface area (Å²) in [6, 6.07) is 9.69.